The number of benzene rings is 1. The minimum Gasteiger partial charge on any atom is -0.497 e. The topological polar surface area (TPSA) is 24.5 Å². The van der Waals surface area contributed by atoms with Gasteiger partial charge in [0.25, 0.3) is 0 Å². The summed E-state index contributed by atoms with van der Waals surface area (Å²) >= 11 is 0. The lowest BCUT2D eigenvalue weighted by Gasteiger charge is -2.16. The van der Waals surface area contributed by atoms with E-state index in [4.69, 9.17) is 4.74 Å². The summed E-state index contributed by atoms with van der Waals surface area (Å²) in [6.45, 7) is 3.06. The van der Waals surface area contributed by atoms with Crippen molar-refractivity contribution in [3.63, 3.8) is 0 Å². The summed E-state index contributed by atoms with van der Waals surface area (Å²) in [5.74, 6) is 0.914. The molecule has 1 aromatic carbocycles. The van der Waals surface area contributed by atoms with Crippen molar-refractivity contribution in [1.82, 2.24) is 10.2 Å². The molecule has 3 nitrogen and oxygen atoms in total. The average Bonchev–Trinajstić information content (AvgIpc) is 2.27. The quantitative estimate of drug-likeness (QED) is 0.763. The Morgan fingerprint density at radius 2 is 1.93 bits per heavy atom. The molecule has 1 rings (SSSR count). The molecular weight excluding hydrogens is 188 g/mol. The van der Waals surface area contributed by atoms with Crippen LogP contribution in [0.25, 0.3) is 0 Å². The van der Waals surface area contributed by atoms with Crippen molar-refractivity contribution < 1.29 is 4.74 Å². The molecular formula is C12H20N2O. The molecule has 0 saturated heterocycles. The lowest BCUT2D eigenvalue weighted by molar-refractivity contribution is 0.328. The molecule has 0 aromatic heterocycles. The molecule has 0 atom stereocenters. The van der Waals surface area contributed by atoms with E-state index in [1.54, 1.807) is 7.11 Å². The molecule has 84 valence electrons. The maximum absolute atomic E-state index is 5.12. The standard InChI is InChI=1S/C12H20N2O/c1-13-8-9-14(2)10-11-4-6-12(15-3)7-5-11/h4-7,13H,8-10H2,1-3H3. The highest BCUT2D eigenvalue weighted by molar-refractivity contribution is 5.26. The van der Waals surface area contributed by atoms with Crippen LogP contribution in [0.3, 0.4) is 0 Å². The van der Waals surface area contributed by atoms with Crippen molar-refractivity contribution in [2.45, 2.75) is 6.54 Å². The Hall–Kier alpha value is -1.06. The minimum absolute atomic E-state index is 0.914. The van der Waals surface area contributed by atoms with Crippen LogP contribution >= 0.6 is 0 Å². The molecule has 0 spiro atoms. The number of nitrogens with zero attached hydrogens (tertiary/aromatic N) is 1. The molecule has 0 aliphatic carbocycles. The summed E-state index contributed by atoms with van der Waals surface area (Å²) in [5, 5.41) is 3.14. The predicted octanol–water partition coefficient (Wildman–Crippen LogP) is 1.35. The van der Waals surface area contributed by atoms with Crippen LogP contribution in [0.4, 0.5) is 0 Å². The van der Waals surface area contributed by atoms with Crippen molar-refractivity contribution in [3.8, 4) is 5.75 Å². The highest BCUT2D eigenvalue weighted by atomic mass is 16.5. The second-order valence-corrected chi connectivity index (χ2v) is 3.69. The van der Waals surface area contributed by atoms with Gasteiger partial charge >= 0.3 is 0 Å². The summed E-state index contributed by atoms with van der Waals surface area (Å²) in [5.41, 5.74) is 1.31. The molecule has 0 amide bonds. The van der Waals surface area contributed by atoms with Crippen LogP contribution in [-0.2, 0) is 6.54 Å². The minimum atomic E-state index is 0.914. The molecule has 0 bridgehead atoms. The van der Waals surface area contributed by atoms with E-state index in [0.29, 0.717) is 0 Å². The number of hydrogen-bond acceptors (Lipinski definition) is 3. The summed E-state index contributed by atoms with van der Waals surface area (Å²) in [7, 11) is 5.79. The second-order valence-electron chi connectivity index (χ2n) is 3.69. The van der Waals surface area contributed by atoms with Crippen molar-refractivity contribution in [2.24, 2.45) is 0 Å². The summed E-state index contributed by atoms with van der Waals surface area (Å²) < 4.78 is 5.12. The monoisotopic (exact) mass is 208 g/mol. The van der Waals surface area contributed by atoms with Gasteiger partial charge in [0.05, 0.1) is 7.11 Å². The first-order valence-corrected chi connectivity index (χ1v) is 5.22. The number of ether oxygens (including phenoxy) is 1. The maximum Gasteiger partial charge on any atom is 0.118 e. The lowest BCUT2D eigenvalue weighted by Crippen LogP contribution is -2.26. The third-order valence-corrected chi connectivity index (χ3v) is 2.36. The Morgan fingerprint density at radius 3 is 2.47 bits per heavy atom. The Kier molecular flexibility index (Phi) is 5.15. The molecule has 0 unspecified atom stereocenters. The number of likely N-dealkylation sites (N-methyl/N-ethyl adjacent to an activating group) is 2. The molecule has 0 aliphatic heterocycles. The first-order valence-electron chi connectivity index (χ1n) is 5.22. The number of rotatable bonds is 6. The number of hydrogen-bond donors (Lipinski definition) is 1. The van der Waals surface area contributed by atoms with Crippen LogP contribution in [0.2, 0.25) is 0 Å². The molecule has 1 N–H and O–H groups in total. The zero-order valence-electron chi connectivity index (χ0n) is 9.79. The van der Waals surface area contributed by atoms with Crippen molar-refractivity contribution in [2.75, 3.05) is 34.3 Å². The van der Waals surface area contributed by atoms with Gasteiger partial charge in [-0.1, -0.05) is 12.1 Å². The fraction of sp³-hybridized carbons (Fsp3) is 0.500. The van der Waals surface area contributed by atoms with E-state index in [0.717, 1.165) is 25.4 Å². The van der Waals surface area contributed by atoms with E-state index in [-0.39, 0.29) is 0 Å². The van der Waals surface area contributed by atoms with Crippen LogP contribution in [-0.4, -0.2) is 39.2 Å². The van der Waals surface area contributed by atoms with Gasteiger partial charge in [-0.3, -0.25) is 0 Å². The summed E-state index contributed by atoms with van der Waals surface area (Å²) in [6.07, 6.45) is 0. The SMILES string of the molecule is CNCCN(C)Cc1ccc(OC)cc1. The molecule has 0 heterocycles. The third-order valence-electron chi connectivity index (χ3n) is 2.36. The smallest absolute Gasteiger partial charge is 0.118 e. The van der Waals surface area contributed by atoms with E-state index in [1.807, 2.05) is 19.2 Å². The van der Waals surface area contributed by atoms with Crippen molar-refractivity contribution >= 4 is 0 Å². The predicted molar refractivity (Wildman–Crippen MR) is 63.3 cm³/mol. The van der Waals surface area contributed by atoms with Crippen LogP contribution in [0.15, 0.2) is 24.3 Å². The van der Waals surface area contributed by atoms with E-state index < -0.39 is 0 Å². The summed E-state index contributed by atoms with van der Waals surface area (Å²) in [4.78, 5) is 2.29. The van der Waals surface area contributed by atoms with Gasteiger partial charge in [0.2, 0.25) is 0 Å². The first kappa shape index (κ1) is 12.0. The lowest BCUT2D eigenvalue weighted by atomic mass is 10.2. The number of methoxy groups -OCH3 is 1. The molecule has 0 fully saturated rings. The molecule has 0 aliphatic rings. The van der Waals surface area contributed by atoms with Crippen LogP contribution < -0.4 is 10.1 Å². The molecule has 15 heavy (non-hydrogen) atoms. The van der Waals surface area contributed by atoms with E-state index in [9.17, 15) is 0 Å². The fourth-order valence-electron chi connectivity index (χ4n) is 1.42. The van der Waals surface area contributed by atoms with Gasteiger partial charge < -0.3 is 15.0 Å². The van der Waals surface area contributed by atoms with Crippen molar-refractivity contribution in [3.05, 3.63) is 29.8 Å². The molecule has 0 saturated carbocycles. The van der Waals surface area contributed by atoms with Gasteiger partial charge in [-0.05, 0) is 31.8 Å². The van der Waals surface area contributed by atoms with Crippen LogP contribution in [0.5, 0.6) is 5.75 Å². The molecule has 1 aromatic rings. The van der Waals surface area contributed by atoms with E-state index >= 15 is 0 Å². The average molecular weight is 208 g/mol. The highest BCUT2D eigenvalue weighted by Gasteiger charge is 1.99. The van der Waals surface area contributed by atoms with Crippen molar-refractivity contribution in [1.29, 1.82) is 0 Å². The molecule has 3 heteroatoms. The van der Waals surface area contributed by atoms with Gasteiger partial charge in [0.1, 0.15) is 5.75 Å². The first-order chi connectivity index (χ1) is 7.26. The Morgan fingerprint density at radius 1 is 1.27 bits per heavy atom. The van der Waals surface area contributed by atoms with E-state index in [1.165, 1.54) is 5.56 Å². The van der Waals surface area contributed by atoms with Crippen LogP contribution in [0, 0.1) is 0 Å². The largest absolute Gasteiger partial charge is 0.497 e. The number of nitrogens with one attached hydrogen (secondary N) is 1. The van der Waals surface area contributed by atoms with E-state index in [2.05, 4.69) is 29.4 Å². The zero-order chi connectivity index (χ0) is 11.1. The fourth-order valence-corrected chi connectivity index (χ4v) is 1.42. The normalized spacial score (nSPS) is 10.7. The zero-order valence-corrected chi connectivity index (χ0v) is 9.79. The molecule has 0 radical (unpaired) electrons. The highest BCUT2D eigenvalue weighted by Crippen LogP contribution is 2.12. The van der Waals surface area contributed by atoms with Gasteiger partial charge in [-0.15, -0.1) is 0 Å². The second kappa shape index (κ2) is 6.43. The summed E-state index contributed by atoms with van der Waals surface area (Å²) in [6, 6.07) is 8.21. The maximum atomic E-state index is 5.12. The Balaban J connectivity index is 2.42. The van der Waals surface area contributed by atoms with Gasteiger partial charge in [-0.2, -0.15) is 0 Å². The van der Waals surface area contributed by atoms with Crippen LogP contribution in [0.1, 0.15) is 5.56 Å². The Bertz CT molecular complexity index is 271. The third kappa shape index (κ3) is 4.32. The van der Waals surface area contributed by atoms with Gasteiger partial charge in [0, 0.05) is 19.6 Å². The van der Waals surface area contributed by atoms with Gasteiger partial charge in [-0.25, -0.2) is 0 Å². The van der Waals surface area contributed by atoms with Gasteiger partial charge in [0.15, 0.2) is 0 Å². The Labute approximate surface area is 92.0 Å².